The molecule has 1 amide bonds. The number of fused-ring (bicyclic) bond motifs is 1. The summed E-state index contributed by atoms with van der Waals surface area (Å²) in [5.74, 6) is 1.23. The van der Waals surface area contributed by atoms with Crippen molar-refractivity contribution < 1.29 is 9.53 Å². The Morgan fingerprint density at radius 2 is 2.11 bits per heavy atom. The standard InChI is InChI=1S/C20H23N5O2/c1-24-12-10-15-16(6-3-7-17(15)24)21-20(26)14-5-4-11-25(13-14)18-8-9-19(27-2)23-22-18/h3,6-10,12,14H,4-5,11,13H2,1-2H3,(H,21,26)/t14-/m1/s1. The largest absolute Gasteiger partial charge is 0.480 e. The summed E-state index contributed by atoms with van der Waals surface area (Å²) >= 11 is 0. The lowest BCUT2D eigenvalue weighted by Crippen LogP contribution is -2.41. The summed E-state index contributed by atoms with van der Waals surface area (Å²) in [7, 11) is 3.57. The van der Waals surface area contributed by atoms with Crippen molar-refractivity contribution in [3.8, 4) is 5.88 Å². The number of hydrogen-bond donors (Lipinski definition) is 1. The molecule has 7 heteroatoms. The average Bonchev–Trinajstić information content (AvgIpc) is 3.10. The molecule has 2 aromatic heterocycles. The van der Waals surface area contributed by atoms with Crippen LogP contribution in [0.5, 0.6) is 5.88 Å². The number of aryl methyl sites for hydroxylation is 1. The minimum Gasteiger partial charge on any atom is -0.480 e. The van der Waals surface area contributed by atoms with E-state index in [0.29, 0.717) is 12.4 Å². The Kier molecular flexibility index (Phi) is 4.66. The second-order valence-corrected chi connectivity index (χ2v) is 6.87. The number of nitrogens with one attached hydrogen (secondary N) is 1. The average molecular weight is 365 g/mol. The van der Waals surface area contributed by atoms with Gasteiger partial charge in [-0.25, -0.2) is 0 Å². The molecule has 0 unspecified atom stereocenters. The van der Waals surface area contributed by atoms with Crippen molar-refractivity contribution in [3.63, 3.8) is 0 Å². The van der Waals surface area contributed by atoms with Gasteiger partial charge < -0.3 is 19.5 Å². The van der Waals surface area contributed by atoms with Gasteiger partial charge in [-0.2, -0.15) is 0 Å². The van der Waals surface area contributed by atoms with E-state index >= 15 is 0 Å². The van der Waals surface area contributed by atoms with Crippen LogP contribution in [-0.4, -0.2) is 40.9 Å². The minimum atomic E-state index is -0.0818. The van der Waals surface area contributed by atoms with E-state index in [2.05, 4.69) is 31.0 Å². The summed E-state index contributed by atoms with van der Waals surface area (Å²) in [6.45, 7) is 1.51. The molecule has 1 aromatic carbocycles. The summed E-state index contributed by atoms with van der Waals surface area (Å²) in [5.41, 5.74) is 1.96. The summed E-state index contributed by atoms with van der Waals surface area (Å²) in [6.07, 6.45) is 3.82. The third-order valence-corrected chi connectivity index (χ3v) is 5.14. The summed E-state index contributed by atoms with van der Waals surface area (Å²) < 4.78 is 7.11. The lowest BCUT2D eigenvalue weighted by Gasteiger charge is -2.32. The molecule has 3 heterocycles. The predicted octanol–water partition coefficient (Wildman–Crippen LogP) is 2.83. The van der Waals surface area contributed by atoms with Crippen LogP contribution in [0.25, 0.3) is 10.9 Å². The molecule has 1 atom stereocenters. The van der Waals surface area contributed by atoms with Crippen LogP contribution < -0.4 is 15.0 Å². The quantitative estimate of drug-likeness (QED) is 0.770. The van der Waals surface area contributed by atoms with Crippen LogP contribution in [0.3, 0.4) is 0 Å². The number of benzene rings is 1. The van der Waals surface area contributed by atoms with Gasteiger partial charge in [-0.1, -0.05) is 6.07 Å². The van der Waals surface area contributed by atoms with E-state index < -0.39 is 0 Å². The van der Waals surface area contributed by atoms with Gasteiger partial charge in [-0.15, -0.1) is 10.2 Å². The molecule has 0 radical (unpaired) electrons. The highest BCUT2D eigenvalue weighted by atomic mass is 16.5. The number of nitrogens with zero attached hydrogens (tertiary/aromatic N) is 4. The molecule has 0 saturated carbocycles. The Bertz CT molecular complexity index is 951. The van der Waals surface area contributed by atoms with Crippen LogP contribution in [0, 0.1) is 5.92 Å². The molecule has 3 aromatic rings. The van der Waals surface area contributed by atoms with Gasteiger partial charge in [-0.05, 0) is 37.1 Å². The molecule has 1 saturated heterocycles. The van der Waals surface area contributed by atoms with Crippen LogP contribution in [0.2, 0.25) is 0 Å². The maximum atomic E-state index is 12.9. The Morgan fingerprint density at radius 3 is 2.89 bits per heavy atom. The van der Waals surface area contributed by atoms with Gasteiger partial charge >= 0.3 is 0 Å². The number of carbonyl (C=O) groups excluding carboxylic acids is 1. The zero-order chi connectivity index (χ0) is 18.8. The number of aromatic nitrogens is 3. The van der Waals surface area contributed by atoms with Crippen LogP contribution >= 0.6 is 0 Å². The van der Waals surface area contributed by atoms with Gasteiger partial charge in [0.05, 0.1) is 18.7 Å². The molecule has 0 spiro atoms. The number of rotatable bonds is 4. The highest BCUT2D eigenvalue weighted by molar-refractivity contribution is 6.02. The molecular weight excluding hydrogens is 342 g/mol. The predicted molar refractivity (Wildman–Crippen MR) is 105 cm³/mol. The lowest BCUT2D eigenvalue weighted by atomic mass is 9.97. The van der Waals surface area contributed by atoms with Crippen LogP contribution in [-0.2, 0) is 11.8 Å². The SMILES string of the molecule is COc1ccc(N2CCC[C@@H](C(=O)Nc3cccc4c3ccn4C)C2)nn1. The van der Waals surface area contributed by atoms with E-state index in [1.807, 2.05) is 37.5 Å². The molecule has 140 valence electrons. The summed E-state index contributed by atoms with van der Waals surface area (Å²) in [4.78, 5) is 15.0. The van der Waals surface area contributed by atoms with Crippen LogP contribution in [0.15, 0.2) is 42.6 Å². The molecule has 7 nitrogen and oxygen atoms in total. The minimum absolute atomic E-state index is 0.0533. The van der Waals surface area contributed by atoms with Gasteiger partial charge in [0.25, 0.3) is 0 Å². The van der Waals surface area contributed by atoms with E-state index in [4.69, 9.17) is 4.74 Å². The van der Waals surface area contributed by atoms with E-state index in [1.54, 1.807) is 13.2 Å². The fourth-order valence-corrected chi connectivity index (χ4v) is 3.64. The molecule has 1 N–H and O–H groups in total. The summed E-state index contributed by atoms with van der Waals surface area (Å²) in [6, 6.07) is 11.7. The maximum Gasteiger partial charge on any atom is 0.233 e. The Labute approximate surface area is 157 Å². The Hall–Kier alpha value is -3.09. The second-order valence-electron chi connectivity index (χ2n) is 6.87. The third kappa shape index (κ3) is 3.45. The van der Waals surface area contributed by atoms with Crippen LogP contribution in [0.1, 0.15) is 12.8 Å². The first kappa shape index (κ1) is 17.3. The zero-order valence-corrected chi connectivity index (χ0v) is 15.6. The van der Waals surface area contributed by atoms with Crippen molar-refractivity contribution in [2.24, 2.45) is 13.0 Å². The zero-order valence-electron chi connectivity index (χ0n) is 15.6. The molecule has 1 aliphatic heterocycles. The number of anilines is 2. The fraction of sp³-hybridized carbons (Fsp3) is 0.350. The number of methoxy groups -OCH3 is 1. The van der Waals surface area contributed by atoms with E-state index in [0.717, 1.165) is 41.8 Å². The first-order chi connectivity index (χ1) is 13.2. The Morgan fingerprint density at radius 1 is 1.22 bits per heavy atom. The van der Waals surface area contributed by atoms with Crippen molar-refractivity contribution in [2.75, 3.05) is 30.4 Å². The normalized spacial score (nSPS) is 17.1. The van der Waals surface area contributed by atoms with Crippen molar-refractivity contribution in [3.05, 3.63) is 42.6 Å². The molecule has 4 rings (SSSR count). The van der Waals surface area contributed by atoms with E-state index in [-0.39, 0.29) is 11.8 Å². The number of carbonyl (C=O) groups is 1. The highest BCUT2D eigenvalue weighted by Gasteiger charge is 2.27. The molecule has 1 fully saturated rings. The van der Waals surface area contributed by atoms with Crippen molar-refractivity contribution in [2.45, 2.75) is 12.8 Å². The van der Waals surface area contributed by atoms with Gasteiger partial charge in [0, 0.05) is 43.3 Å². The fourth-order valence-electron chi connectivity index (χ4n) is 3.64. The van der Waals surface area contributed by atoms with Gasteiger partial charge in [0.2, 0.25) is 11.8 Å². The first-order valence-electron chi connectivity index (χ1n) is 9.13. The number of ether oxygens (including phenoxy) is 1. The number of amides is 1. The van der Waals surface area contributed by atoms with Gasteiger partial charge in [-0.3, -0.25) is 4.79 Å². The van der Waals surface area contributed by atoms with E-state index in [1.165, 1.54) is 0 Å². The highest BCUT2D eigenvalue weighted by Crippen LogP contribution is 2.27. The van der Waals surface area contributed by atoms with Crippen molar-refractivity contribution in [1.82, 2.24) is 14.8 Å². The monoisotopic (exact) mass is 365 g/mol. The first-order valence-corrected chi connectivity index (χ1v) is 9.13. The third-order valence-electron chi connectivity index (χ3n) is 5.14. The lowest BCUT2D eigenvalue weighted by molar-refractivity contribution is -0.120. The molecule has 1 aliphatic rings. The maximum absolute atomic E-state index is 12.9. The molecular formula is C20H23N5O2. The second kappa shape index (κ2) is 7.26. The van der Waals surface area contributed by atoms with E-state index in [9.17, 15) is 4.79 Å². The molecule has 0 bridgehead atoms. The molecule has 27 heavy (non-hydrogen) atoms. The summed E-state index contributed by atoms with van der Waals surface area (Å²) in [5, 5.41) is 12.4. The number of hydrogen-bond acceptors (Lipinski definition) is 5. The van der Waals surface area contributed by atoms with Crippen LogP contribution in [0.4, 0.5) is 11.5 Å². The number of piperidine rings is 1. The molecule has 0 aliphatic carbocycles. The van der Waals surface area contributed by atoms with Gasteiger partial charge in [0.15, 0.2) is 5.82 Å². The van der Waals surface area contributed by atoms with Crippen molar-refractivity contribution >= 4 is 28.3 Å². The smallest absolute Gasteiger partial charge is 0.233 e. The topological polar surface area (TPSA) is 72.3 Å². The van der Waals surface area contributed by atoms with Gasteiger partial charge in [0.1, 0.15) is 0 Å². The Balaban J connectivity index is 1.48. The van der Waals surface area contributed by atoms with Crippen molar-refractivity contribution in [1.29, 1.82) is 0 Å².